The maximum atomic E-state index is 12.5. The van der Waals surface area contributed by atoms with Crippen molar-refractivity contribution in [1.82, 2.24) is 9.80 Å². The average Bonchev–Trinajstić information content (AvgIpc) is 3.19. The zero-order chi connectivity index (χ0) is 14.7. The van der Waals surface area contributed by atoms with Crippen LogP contribution >= 0.6 is 0 Å². The number of likely N-dealkylation sites (tertiary alicyclic amines) is 2. The second-order valence-electron chi connectivity index (χ2n) is 6.31. The minimum Gasteiger partial charge on any atom is -0.338 e. The summed E-state index contributed by atoms with van der Waals surface area (Å²) >= 11 is 0. The molecule has 2 saturated heterocycles. The van der Waals surface area contributed by atoms with Crippen LogP contribution in [-0.4, -0.2) is 48.4 Å². The maximum Gasteiger partial charge on any atom is 0.253 e. The van der Waals surface area contributed by atoms with Crippen molar-refractivity contribution in [2.45, 2.75) is 25.8 Å². The van der Waals surface area contributed by atoms with Crippen molar-refractivity contribution >= 4 is 5.91 Å². The first-order chi connectivity index (χ1) is 10.3. The minimum atomic E-state index is 0.169. The van der Waals surface area contributed by atoms with E-state index in [1.54, 1.807) is 0 Å². The first kappa shape index (κ1) is 14.5. The molecule has 1 atom stereocenters. The highest BCUT2D eigenvalue weighted by Crippen LogP contribution is 2.21. The van der Waals surface area contributed by atoms with Gasteiger partial charge in [0.05, 0.1) is 0 Å². The van der Waals surface area contributed by atoms with Gasteiger partial charge in [0, 0.05) is 31.7 Å². The maximum absolute atomic E-state index is 12.5. The van der Waals surface area contributed by atoms with Crippen LogP contribution in [0.2, 0.25) is 0 Å². The predicted molar refractivity (Wildman–Crippen MR) is 84.0 cm³/mol. The van der Waals surface area contributed by atoms with E-state index in [0.717, 1.165) is 37.2 Å². The molecule has 2 fully saturated rings. The van der Waals surface area contributed by atoms with E-state index in [-0.39, 0.29) is 5.91 Å². The van der Waals surface area contributed by atoms with Crippen molar-refractivity contribution in [3.8, 4) is 0 Å². The summed E-state index contributed by atoms with van der Waals surface area (Å²) in [5.41, 5.74) is 7.45. The van der Waals surface area contributed by atoms with Crippen LogP contribution in [0.25, 0.3) is 0 Å². The molecule has 4 heteroatoms. The van der Waals surface area contributed by atoms with Crippen LogP contribution in [0.1, 0.15) is 35.2 Å². The average molecular weight is 287 g/mol. The van der Waals surface area contributed by atoms with Crippen molar-refractivity contribution in [1.29, 1.82) is 0 Å². The Morgan fingerprint density at radius 3 is 2.52 bits per heavy atom. The number of nitrogens with zero attached hydrogens (tertiary/aromatic N) is 2. The molecule has 21 heavy (non-hydrogen) atoms. The monoisotopic (exact) mass is 287 g/mol. The summed E-state index contributed by atoms with van der Waals surface area (Å²) in [4.78, 5) is 17.1. The molecule has 0 aromatic heterocycles. The number of carbonyl (C=O) groups excluding carboxylic acids is 1. The first-order valence-electron chi connectivity index (χ1n) is 8.07. The van der Waals surface area contributed by atoms with Gasteiger partial charge >= 0.3 is 0 Å². The lowest BCUT2D eigenvalue weighted by Crippen LogP contribution is -2.32. The van der Waals surface area contributed by atoms with E-state index >= 15 is 0 Å². The molecule has 0 spiro atoms. The van der Waals surface area contributed by atoms with Gasteiger partial charge in [0.25, 0.3) is 5.91 Å². The Balaban J connectivity index is 1.55. The van der Waals surface area contributed by atoms with E-state index in [9.17, 15) is 4.79 Å². The van der Waals surface area contributed by atoms with Gasteiger partial charge in [0.15, 0.2) is 0 Å². The largest absolute Gasteiger partial charge is 0.338 e. The zero-order valence-electron chi connectivity index (χ0n) is 12.6. The molecule has 2 aliphatic heterocycles. The number of nitrogens with two attached hydrogens (primary N) is 1. The quantitative estimate of drug-likeness (QED) is 0.917. The second kappa shape index (κ2) is 6.58. The Labute approximate surface area is 126 Å². The Morgan fingerprint density at radius 2 is 1.86 bits per heavy atom. The zero-order valence-corrected chi connectivity index (χ0v) is 12.6. The van der Waals surface area contributed by atoms with Crippen molar-refractivity contribution in [3.63, 3.8) is 0 Å². The molecule has 1 unspecified atom stereocenters. The highest BCUT2D eigenvalue weighted by atomic mass is 16.2. The lowest BCUT2D eigenvalue weighted by atomic mass is 10.1. The molecule has 2 N–H and O–H groups in total. The number of benzene rings is 1. The SMILES string of the molecule is NCc1ccc(C(=O)N2CCC(CN3CCCC3)C2)cc1. The van der Waals surface area contributed by atoms with Gasteiger partial charge in [-0.25, -0.2) is 0 Å². The Hall–Kier alpha value is -1.39. The smallest absolute Gasteiger partial charge is 0.253 e. The van der Waals surface area contributed by atoms with Crippen molar-refractivity contribution < 1.29 is 4.79 Å². The van der Waals surface area contributed by atoms with Gasteiger partial charge in [0.2, 0.25) is 0 Å². The fraction of sp³-hybridized carbons (Fsp3) is 0.588. The van der Waals surface area contributed by atoms with Gasteiger partial charge < -0.3 is 15.5 Å². The normalized spacial score (nSPS) is 22.9. The molecule has 0 saturated carbocycles. The summed E-state index contributed by atoms with van der Waals surface area (Å²) in [5.74, 6) is 0.817. The van der Waals surface area contributed by atoms with E-state index < -0.39 is 0 Å². The van der Waals surface area contributed by atoms with Crippen LogP contribution in [0.3, 0.4) is 0 Å². The molecule has 2 heterocycles. The fourth-order valence-corrected chi connectivity index (χ4v) is 3.46. The molecule has 0 bridgehead atoms. The molecular formula is C17H25N3O. The van der Waals surface area contributed by atoms with Crippen molar-refractivity contribution in [2.75, 3.05) is 32.7 Å². The van der Waals surface area contributed by atoms with Crippen molar-refractivity contribution in [2.24, 2.45) is 11.7 Å². The molecule has 0 radical (unpaired) electrons. The number of hydrogen-bond acceptors (Lipinski definition) is 3. The van der Waals surface area contributed by atoms with Crippen LogP contribution in [-0.2, 0) is 6.54 Å². The third-order valence-electron chi connectivity index (χ3n) is 4.72. The standard InChI is InChI=1S/C17H25N3O/c18-11-14-3-5-16(6-4-14)17(21)20-10-7-15(13-20)12-19-8-1-2-9-19/h3-6,15H,1-2,7-13,18H2. The number of rotatable bonds is 4. The number of hydrogen-bond donors (Lipinski definition) is 1. The highest BCUT2D eigenvalue weighted by molar-refractivity contribution is 5.94. The molecule has 1 aromatic rings. The van der Waals surface area contributed by atoms with Crippen LogP contribution in [0.5, 0.6) is 0 Å². The molecule has 4 nitrogen and oxygen atoms in total. The molecule has 2 aliphatic rings. The van der Waals surface area contributed by atoms with Crippen LogP contribution in [0.15, 0.2) is 24.3 Å². The van der Waals surface area contributed by atoms with Gasteiger partial charge in [-0.3, -0.25) is 4.79 Å². The lowest BCUT2D eigenvalue weighted by Gasteiger charge is -2.20. The third-order valence-corrected chi connectivity index (χ3v) is 4.72. The van der Waals surface area contributed by atoms with Crippen LogP contribution < -0.4 is 5.73 Å². The summed E-state index contributed by atoms with van der Waals surface area (Å²) in [6.45, 7) is 5.98. The van der Waals surface area contributed by atoms with E-state index in [2.05, 4.69) is 4.90 Å². The Bertz CT molecular complexity index is 479. The summed E-state index contributed by atoms with van der Waals surface area (Å²) in [6.07, 6.45) is 3.81. The summed E-state index contributed by atoms with van der Waals surface area (Å²) in [5, 5.41) is 0. The predicted octanol–water partition coefficient (Wildman–Crippen LogP) is 1.70. The van der Waals surface area contributed by atoms with E-state index in [1.165, 1.54) is 25.9 Å². The van der Waals surface area contributed by atoms with Gasteiger partial charge in [-0.1, -0.05) is 12.1 Å². The van der Waals surface area contributed by atoms with Gasteiger partial charge in [-0.2, -0.15) is 0 Å². The number of amides is 1. The minimum absolute atomic E-state index is 0.169. The summed E-state index contributed by atoms with van der Waals surface area (Å²) in [7, 11) is 0. The van der Waals surface area contributed by atoms with Gasteiger partial charge in [-0.15, -0.1) is 0 Å². The van der Waals surface area contributed by atoms with Gasteiger partial charge in [-0.05, 0) is 56.0 Å². The fourth-order valence-electron chi connectivity index (χ4n) is 3.46. The van der Waals surface area contributed by atoms with Crippen LogP contribution in [0.4, 0.5) is 0 Å². The summed E-state index contributed by atoms with van der Waals surface area (Å²) in [6, 6.07) is 7.70. The number of carbonyl (C=O) groups is 1. The molecular weight excluding hydrogens is 262 g/mol. The molecule has 0 aliphatic carbocycles. The first-order valence-corrected chi connectivity index (χ1v) is 8.07. The molecule has 1 aromatic carbocycles. The Morgan fingerprint density at radius 1 is 1.14 bits per heavy atom. The van der Waals surface area contributed by atoms with Crippen LogP contribution in [0, 0.1) is 5.92 Å². The molecule has 3 rings (SSSR count). The third kappa shape index (κ3) is 3.44. The highest BCUT2D eigenvalue weighted by Gasteiger charge is 2.28. The molecule has 1 amide bonds. The lowest BCUT2D eigenvalue weighted by molar-refractivity contribution is 0.0784. The van der Waals surface area contributed by atoms with Crippen molar-refractivity contribution in [3.05, 3.63) is 35.4 Å². The van der Waals surface area contributed by atoms with E-state index in [0.29, 0.717) is 12.5 Å². The van der Waals surface area contributed by atoms with Gasteiger partial charge in [0.1, 0.15) is 0 Å². The second-order valence-corrected chi connectivity index (χ2v) is 6.31. The summed E-state index contributed by atoms with van der Waals surface area (Å²) < 4.78 is 0. The van der Waals surface area contributed by atoms with E-state index in [4.69, 9.17) is 5.73 Å². The molecule has 114 valence electrons. The topological polar surface area (TPSA) is 49.6 Å². The van der Waals surface area contributed by atoms with E-state index in [1.807, 2.05) is 29.2 Å². The Kier molecular flexibility index (Phi) is 4.56.